The minimum Gasteiger partial charge on any atom is -0.494 e. The highest BCUT2D eigenvalue weighted by molar-refractivity contribution is 6.39. The van der Waals surface area contributed by atoms with Gasteiger partial charge in [0.05, 0.1) is 34.4 Å². The van der Waals surface area contributed by atoms with E-state index >= 15 is 0 Å². The first-order chi connectivity index (χ1) is 20.4. The van der Waals surface area contributed by atoms with Gasteiger partial charge in [-0.25, -0.2) is 9.78 Å². The number of aromatic carboxylic acids is 1. The van der Waals surface area contributed by atoms with Crippen molar-refractivity contribution in [3.8, 4) is 17.0 Å². The first-order valence-electron chi connectivity index (χ1n) is 14.8. The van der Waals surface area contributed by atoms with Crippen molar-refractivity contribution in [1.29, 1.82) is 0 Å². The summed E-state index contributed by atoms with van der Waals surface area (Å²) in [5.74, 6) is 1.01. The molecule has 9 heteroatoms. The maximum absolute atomic E-state index is 11.2. The molecule has 0 radical (unpaired) electrons. The van der Waals surface area contributed by atoms with E-state index in [1.165, 1.54) is 12.5 Å². The Balaban J connectivity index is 1.09. The highest BCUT2D eigenvalue weighted by Crippen LogP contribution is 2.47. The summed E-state index contributed by atoms with van der Waals surface area (Å²) < 4.78 is 18.7. The lowest BCUT2D eigenvalue weighted by Crippen LogP contribution is -2.35. The molecule has 0 saturated heterocycles. The third-order valence-electron chi connectivity index (χ3n) is 8.43. The molecule has 0 unspecified atom stereocenters. The van der Waals surface area contributed by atoms with Crippen LogP contribution in [-0.4, -0.2) is 33.4 Å². The Morgan fingerprint density at radius 3 is 2.55 bits per heavy atom. The fourth-order valence-electron chi connectivity index (χ4n) is 5.99. The number of halogens is 2. The summed E-state index contributed by atoms with van der Waals surface area (Å²) in [5, 5.41) is 15.6. The number of carboxylic acids is 1. The van der Waals surface area contributed by atoms with Crippen molar-refractivity contribution in [2.45, 2.75) is 82.3 Å². The molecule has 4 aromatic rings. The number of carbonyl (C=O) groups is 1. The Morgan fingerprint density at radius 2 is 1.81 bits per heavy atom. The van der Waals surface area contributed by atoms with Crippen molar-refractivity contribution in [1.82, 2.24) is 10.1 Å². The smallest absolute Gasteiger partial charge is 0.354 e. The van der Waals surface area contributed by atoms with Crippen LogP contribution in [0.4, 0.5) is 0 Å². The van der Waals surface area contributed by atoms with Crippen molar-refractivity contribution in [2.24, 2.45) is 0 Å². The molecule has 2 aromatic carbocycles. The number of benzene rings is 2. The Morgan fingerprint density at radius 1 is 1.02 bits per heavy atom. The van der Waals surface area contributed by atoms with Crippen LogP contribution in [0.1, 0.15) is 91.9 Å². The van der Waals surface area contributed by atoms with Crippen LogP contribution in [0.3, 0.4) is 0 Å². The molecule has 2 aliphatic carbocycles. The average Bonchev–Trinajstić information content (AvgIpc) is 3.76. The van der Waals surface area contributed by atoms with Gasteiger partial charge in [0.15, 0.2) is 0 Å². The number of nitrogens with zero attached hydrogens (tertiary/aromatic N) is 2. The van der Waals surface area contributed by atoms with Crippen LogP contribution in [0.15, 0.2) is 53.1 Å². The van der Waals surface area contributed by atoms with Gasteiger partial charge in [0, 0.05) is 22.4 Å². The molecule has 0 aliphatic heterocycles. The lowest BCUT2D eigenvalue weighted by atomic mass is 9.81. The van der Waals surface area contributed by atoms with E-state index in [0.29, 0.717) is 46.0 Å². The van der Waals surface area contributed by atoms with Gasteiger partial charge >= 0.3 is 5.97 Å². The molecule has 7 nitrogen and oxygen atoms in total. The summed E-state index contributed by atoms with van der Waals surface area (Å²) in [5.41, 5.74) is 2.85. The Kier molecular flexibility index (Phi) is 8.70. The number of rotatable bonds is 12. The minimum absolute atomic E-state index is 0.0340. The van der Waals surface area contributed by atoms with Gasteiger partial charge in [-0.15, -0.1) is 0 Å². The van der Waals surface area contributed by atoms with Crippen LogP contribution in [0.5, 0.6) is 5.75 Å². The summed E-state index contributed by atoms with van der Waals surface area (Å²) in [6.45, 7) is 1.02. The summed E-state index contributed by atoms with van der Waals surface area (Å²) in [6, 6.07) is 14.3. The molecule has 0 bridgehead atoms. The maximum atomic E-state index is 11.2. The predicted molar refractivity (Wildman–Crippen MR) is 163 cm³/mol. The van der Waals surface area contributed by atoms with Gasteiger partial charge in [0.25, 0.3) is 0 Å². The predicted octanol–water partition coefficient (Wildman–Crippen LogP) is 9.24. The molecule has 1 N–H and O–H groups in total. The van der Waals surface area contributed by atoms with E-state index in [4.69, 9.17) is 42.3 Å². The SMILES string of the molecule is O=C(O)c1ccc2cc(OCCCCC3(OCc4c(-c5c(Cl)cccc5Cl)noc4C4CC4)CCCCC3)ccc2n1. The van der Waals surface area contributed by atoms with E-state index < -0.39 is 5.97 Å². The van der Waals surface area contributed by atoms with Gasteiger partial charge < -0.3 is 19.1 Å². The number of carboxylic acid groups (broad SMARTS) is 1. The molecule has 0 amide bonds. The van der Waals surface area contributed by atoms with Crippen molar-refractivity contribution >= 4 is 40.1 Å². The molecule has 2 aromatic heterocycles. The Hall–Kier alpha value is -3.13. The van der Waals surface area contributed by atoms with Gasteiger partial charge in [-0.1, -0.05) is 59.8 Å². The van der Waals surface area contributed by atoms with Crippen LogP contribution >= 0.6 is 23.2 Å². The van der Waals surface area contributed by atoms with Crippen molar-refractivity contribution in [3.63, 3.8) is 0 Å². The van der Waals surface area contributed by atoms with Crippen molar-refractivity contribution in [3.05, 3.63) is 75.6 Å². The summed E-state index contributed by atoms with van der Waals surface area (Å²) >= 11 is 13.1. The Labute approximate surface area is 255 Å². The van der Waals surface area contributed by atoms with Crippen LogP contribution in [-0.2, 0) is 11.3 Å². The lowest BCUT2D eigenvalue weighted by molar-refractivity contribution is -0.0874. The molecule has 0 atom stereocenters. The molecule has 2 saturated carbocycles. The second-order valence-electron chi connectivity index (χ2n) is 11.4. The normalized spacial score (nSPS) is 16.5. The molecule has 2 aliphatic rings. The van der Waals surface area contributed by atoms with E-state index in [2.05, 4.69) is 10.1 Å². The van der Waals surface area contributed by atoms with Gasteiger partial charge in [-0.05, 0) is 81.3 Å². The number of hydrogen-bond donors (Lipinski definition) is 1. The zero-order valence-corrected chi connectivity index (χ0v) is 24.9. The van der Waals surface area contributed by atoms with Crippen molar-refractivity contribution in [2.75, 3.05) is 6.61 Å². The average molecular weight is 610 g/mol. The van der Waals surface area contributed by atoms with Crippen LogP contribution in [0.25, 0.3) is 22.2 Å². The fourth-order valence-corrected chi connectivity index (χ4v) is 6.56. The van der Waals surface area contributed by atoms with Crippen LogP contribution in [0.2, 0.25) is 10.0 Å². The van der Waals surface area contributed by atoms with Crippen LogP contribution in [0, 0.1) is 0 Å². The topological polar surface area (TPSA) is 94.7 Å². The summed E-state index contributed by atoms with van der Waals surface area (Å²) in [7, 11) is 0. The highest BCUT2D eigenvalue weighted by atomic mass is 35.5. The highest BCUT2D eigenvalue weighted by Gasteiger charge is 2.37. The lowest BCUT2D eigenvalue weighted by Gasteiger charge is -2.37. The van der Waals surface area contributed by atoms with Gasteiger partial charge in [0.1, 0.15) is 22.9 Å². The van der Waals surface area contributed by atoms with E-state index in [9.17, 15) is 4.79 Å². The molecule has 2 heterocycles. The Bertz CT molecular complexity index is 1560. The number of aromatic nitrogens is 2. The van der Waals surface area contributed by atoms with Gasteiger partial charge in [-0.3, -0.25) is 0 Å². The van der Waals surface area contributed by atoms with Gasteiger partial charge in [-0.2, -0.15) is 0 Å². The second kappa shape index (κ2) is 12.6. The molecule has 6 rings (SSSR count). The molecular weight excluding hydrogens is 575 g/mol. The second-order valence-corrected chi connectivity index (χ2v) is 12.3. The van der Waals surface area contributed by atoms with Gasteiger partial charge in [0.2, 0.25) is 0 Å². The van der Waals surface area contributed by atoms with Crippen LogP contribution < -0.4 is 4.74 Å². The molecule has 0 spiro atoms. The zero-order valence-electron chi connectivity index (χ0n) is 23.4. The number of ether oxygens (including phenoxy) is 2. The number of fused-ring (bicyclic) bond motifs is 1. The van der Waals surface area contributed by atoms with E-state index in [0.717, 1.165) is 80.2 Å². The van der Waals surface area contributed by atoms with E-state index in [-0.39, 0.29) is 11.3 Å². The molecule has 220 valence electrons. The largest absolute Gasteiger partial charge is 0.494 e. The number of hydrogen-bond acceptors (Lipinski definition) is 6. The number of pyridine rings is 1. The number of unbranched alkanes of at least 4 members (excludes halogenated alkanes) is 1. The van der Waals surface area contributed by atoms with Crippen molar-refractivity contribution < 1.29 is 23.9 Å². The minimum atomic E-state index is -1.04. The maximum Gasteiger partial charge on any atom is 0.354 e. The quantitative estimate of drug-likeness (QED) is 0.160. The summed E-state index contributed by atoms with van der Waals surface area (Å²) in [4.78, 5) is 15.4. The molecule has 42 heavy (non-hydrogen) atoms. The summed E-state index contributed by atoms with van der Waals surface area (Å²) in [6.07, 6.45) is 10.7. The third kappa shape index (κ3) is 6.43. The fraction of sp³-hybridized carbons (Fsp3) is 0.424. The van der Waals surface area contributed by atoms with E-state index in [1.54, 1.807) is 12.1 Å². The zero-order chi connectivity index (χ0) is 29.1. The first kappa shape index (κ1) is 29.0. The van der Waals surface area contributed by atoms with E-state index in [1.807, 2.05) is 30.3 Å². The standard InChI is InChI=1S/C33H34Cl2N2O5/c34-25-7-6-8-26(35)29(25)30-24(31(42-37-30)21-9-10-21)20-41-33(15-2-1-3-16-33)17-4-5-18-40-23-12-14-27-22(19-23)11-13-28(36-27)32(38)39/h6-8,11-14,19,21H,1-5,9-10,15-18,20H2,(H,38,39). The third-order valence-corrected chi connectivity index (χ3v) is 9.06. The molecule has 2 fully saturated rings. The first-order valence-corrected chi connectivity index (χ1v) is 15.5. The molecular formula is C33H34Cl2N2O5. The monoisotopic (exact) mass is 608 g/mol.